The van der Waals surface area contributed by atoms with Crippen molar-refractivity contribution in [2.24, 2.45) is 0 Å². The second-order valence-corrected chi connectivity index (χ2v) is 7.59. The normalized spacial score (nSPS) is 11.6. The third-order valence-corrected chi connectivity index (χ3v) is 5.35. The number of alkyl halides is 3. The maximum absolute atomic E-state index is 13.3. The summed E-state index contributed by atoms with van der Waals surface area (Å²) < 4.78 is 50.4. The van der Waals surface area contributed by atoms with Gasteiger partial charge in [-0.2, -0.15) is 13.2 Å². The van der Waals surface area contributed by atoms with Gasteiger partial charge in [0.2, 0.25) is 0 Å². The number of carbonyl (C=O) groups is 2. The number of aromatic nitrogens is 1. The fourth-order valence-electron chi connectivity index (χ4n) is 3.46. The molecule has 0 bridgehead atoms. The largest absolute Gasteiger partial charge is 0.495 e. The molecule has 0 atom stereocenters. The number of rotatable bonds is 6. The van der Waals surface area contributed by atoms with Gasteiger partial charge < -0.3 is 9.47 Å². The van der Waals surface area contributed by atoms with Gasteiger partial charge in [-0.15, -0.1) is 0 Å². The molecule has 1 heterocycles. The van der Waals surface area contributed by atoms with E-state index in [2.05, 4.69) is 0 Å². The van der Waals surface area contributed by atoms with Crippen LogP contribution in [0, 0.1) is 6.92 Å². The standard InChI is InChI=1S/C23H21ClF3NO4/c1-4-9-32-21(29)11-16-13(2)28(19-12-18(24)20(31-3)10-17(16)19)22(30)14-5-7-15(8-6-14)23(25,26)27/h5-8,10,12H,4,9,11H2,1-3H3. The Morgan fingerprint density at radius 3 is 2.34 bits per heavy atom. The lowest BCUT2D eigenvalue weighted by Crippen LogP contribution is -2.15. The second kappa shape index (κ2) is 9.24. The van der Waals surface area contributed by atoms with E-state index in [9.17, 15) is 22.8 Å². The molecule has 0 saturated carbocycles. The number of benzene rings is 2. The summed E-state index contributed by atoms with van der Waals surface area (Å²) in [6.07, 6.45) is -3.92. The van der Waals surface area contributed by atoms with Crippen molar-refractivity contribution in [3.8, 4) is 5.75 Å². The predicted octanol–water partition coefficient (Wildman–Crippen LogP) is 5.81. The summed E-state index contributed by atoms with van der Waals surface area (Å²) in [5.74, 6) is -0.637. The van der Waals surface area contributed by atoms with Crippen molar-refractivity contribution in [3.63, 3.8) is 0 Å². The zero-order chi connectivity index (χ0) is 23.6. The molecular weight excluding hydrogens is 447 g/mol. The van der Waals surface area contributed by atoms with E-state index in [1.54, 1.807) is 13.0 Å². The molecule has 3 rings (SSSR count). The highest BCUT2D eigenvalue weighted by Crippen LogP contribution is 2.36. The van der Waals surface area contributed by atoms with Gasteiger partial charge in [0.15, 0.2) is 0 Å². The van der Waals surface area contributed by atoms with Crippen LogP contribution in [0.1, 0.15) is 40.5 Å². The van der Waals surface area contributed by atoms with Crippen LogP contribution >= 0.6 is 11.6 Å². The van der Waals surface area contributed by atoms with Gasteiger partial charge in [-0.25, -0.2) is 0 Å². The van der Waals surface area contributed by atoms with Crippen LogP contribution in [0.2, 0.25) is 5.02 Å². The maximum atomic E-state index is 13.3. The Morgan fingerprint density at radius 1 is 1.12 bits per heavy atom. The lowest BCUT2D eigenvalue weighted by molar-refractivity contribution is -0.142. The molecule has 0 unspecified atom stereocenters. The minimum Gasteiger partial charge on any atom is -0.495 e. The molecule has 0 fully saturated rings. The van der Waals surface area contributed by atoms with E-state index in [-0.39, 0.29) is 23.6 Å². The smallest absolute Gasteiger partial charge is 0.416 e. The number of halogens is 4. The van der Waals surface area contributed by atoms with E-state index in [4.69, 9.17) is 21.1 Å². The predicted molar refractivity (Wildman–Crippen MR) is 114 cm³/mol. The van der Waals surface area contributed by atoms with Gasteiger partial charge in [-0.05, 0) is 55.3 Å². The Morgan fingerprint density at radius 2 is 1.78 bits per heavy atom. The van der Waals surface area contributed by atoms with Gasteiger partial charge in [0.05, 0.1) is 36.2 Å². The molecule has 32 heavy (non-hydrogen) atoms. The first-order chi connectivity index (χ1) is 15.1. The van der Waals surface area contributed by atoms with Gasteiger partial charge in [0.25, 0.3) is 5.91 Å². The number of carbonyl (C=O) groups excluding carboxylic acids is 2. The molecule has 5 nitrogen and oxygen atoms in total. The first-order valence-corrected chi connectivity index (χ1v) is 10.2. The van der Waals surface area contributed by atoms with Crippen molar-refractivity contribution in [1.82, 2.24) is 4.57 Å². The van der Waals surface area contributed by atoms with Crippen molar-refractivity contribution in [2.45, 2.75) is 32.9 Å². The Kier molecular flexibility index (Phi) is 6.83. The highest BCUT2D eigenvalue weighted by Gasteiger charge is 2.30. The third kappa shape index (κ3) is 4.60. The van der Waals surface area contributed by atoms with E-state index < -0.39 is 23.6 Å². The van der Waals surface area contributed by atoms with Crippen LogP contribution in [0.4, 0.5) is 13.2 Å². The molecule has 0 aliphatic rings. The number of hydrogen-bond acceptors (Lipinski definition) is 4. The van der Waals surface area contributed by atoms with Crippen molar-refractivity contribution in [2.75, 3.05) is 13.7 Å². The molecule has 3 aromatic rings. The fourth-order valence-corrected chi connectivity index (χ4v) is 3.70. The Hall–Kier alpha value is -3.00. The molecule has 170 valence electrons. The fraction of sp³-hybridized carbons (Fsp3) is 0.304. The summed E-state index contributed by atoms with van der Waals surface area (Å²) in [5.41, 5.74) is 0.635. The topological polar surface area (TPSA) is 57.5 Å². The van der Waals surface area contributed by atoms with Crippen LogP contribution in [0.5, 0.6) is 5.75 Å². The summed E-state index contributed by atoms with van der Waals surface area (Å²) in [5, 5.41) is 0.816. The lowest BCUT2D eigenvalue weighted by Gasteiger charge is -2.10. The van der Waals surface area contributed by atoms with Gasteiger partial charge >= 0.3 is 12.1 Å². The number of methoxy groups -OCH3 is 1. The molecule has 0 radical (unpaired) electrons. The van der Waals surface area contributed by atoms with E-state index in [0.29, 0.717) is 34.3 Å². The lowest BCUT2D eigenvalue weighted by atomic mass is 10.1. The van der Waals surface area contributed by atoms with Crippen LogP contribution in [0.25, 0.3) is 10.9 Å². The summed E-state index contributed by atoms with van der Waals surface area (Å²) in [7, 11) is 1.44. The number of nitrogens with zero attached hydrogens (tertiary/aromatic N) is 1. The zero-order valence-electron chi connectivity index (χ0n) is 17.7. The van der Waals surface area contributed by atoms with Crippen molar-refractivity contribution >= 4 is 34.4 Å². The molecular formula is C23H21ClF3NO4. The highest BCUT2D eigenvalue weighted by atomic mass is 35.5. The van der Waals surface area contributed by atoms with Crippen molar-refractivity contribution < 1.29 is 32.2 Å². The molecule has 2 aromatic carbocycles. The Balaban J connectivity index is 2.13. The van der Waals surface area contributed by atoms with E-state index >= 15 is 0 Å². The van der Waals surface area contributed by atoms with Gasteiger partial charge in [-0.1, -0.05) is 18.5 Å². The molecule has 0 aliphatic carbocycles. The summed E-state index contributed by atoms with van der Waals surface area (Å²) >= 11 is 6.27. The molecule has 0 N–H and O–H groups in total. The quantitative estimate of drug-likeness (QED) is 0.429. The number of hydrogen-bond donors (Lipinski definition) is 0. The summed E-state index contributed by atoms with van der Waals surface area (Å²) in [4.78, 5) is 25.6. The highest BCUT2D eigenvalue weighted by molar-refractivity contribution is 6.33. The second-order valence-electron chi connectivity index (χ2n) is 7.18. The third-order valence-electron chi connectivity index (χ3n) is 5.06. The van der Waals surface area contributed by atoms with Crippen LogP contribution < -0.4 is 4.74 Å². The van der Waals surface area contributed by atoms with Gasteiger partial charge in [0, 0.05) is 16.6 Å². The average Bonchev–Trinajstić information content (AvgIpc) is 3.00. The molecule has 9 heteroatoms. The van der Waals surface area contributed by atoms with Gasteiger partial charge in [0.1, 0.15) is 5.75 Å². The molecule has 1 aromatic heterocycles. The summed E-state index contributed by atoms with van der Waals surface area (Å²) in [6.45, 7) is 3.81. The number of esters is 1. The van der Waals surface area contributed by atoms with E-state index in [1.165, 1.54) is 17.7 Å². The Labute approximate surface area is 187 Å². The van der Waals surface area contributed by atoms with Gasteiger partial charge in [-0.3, -0.25) is 14.2 Å². The zero-order valence-corrected chi connectivity index (χ0v) is 18.4. The van der Waals surface area contributed by atoms with Crippen LogP contribution in [-0.4, -0.2) is 30.2 Å². The van der Waals surface area contributed by atoms with Crippen molar-refractivity contribution in [1.29, 1.82) is 0 Å². The molecule has 0 saturated heterocycles. The minimum atomic E-state index is -4.51. The number of ether oxygens (including phenoxy) is 2. The number of fused-ring (bicyclic) bond motifs is 1. The van der Waals surface area contributed by atoms with E-state index in [1.807, 2.05) is 6.92 Å². The molecule has 0 aliphatic heterocycles. The SMILES string of the molecule is CCCOC(=O)Cc1c(C)n(C(=O)c2ccc(C(F)(F)F)cc2)c2cc(Cl)c(OC)cc12. The summed E-state index contributed by atoms with van der Waals surface area (Å²) in [6, 6.07) is 7.11. The Bertz CT molecular complexity index is 1170. The first-order valence-electron chi connectivity index (χ1n) is 9.83. The van der Waals surface area contributed by atoms with Crippen LogP contribution in [0.15, 0.2) is 36.4 Å². The van der Waals surface area contributed by atoms with E-state index in [0.717, 1.165) is 24.3 Å². The van der Waals surface area contributed by atoms with Crippen LogP contribution in [0.3, 0.4) is 0 Å². The maximum Gasteiger partial charge on any atom is 0.416 e. The average molecular weight is 468 g/mol. The van der Waals surface area contributed by atoms with Crippen LogP contribution in [-0.2, 0) is 22.1 Å². The first kappa shape index (κ1) is 23.7. The molecule has 0 amide bonds. The monoisotopic (exact) mass is 467 g/mol. The minimum absolute atomic E-state index is 0.0602. The van der Waals surface area contributed by atoms with Crippen molar-refractivity contribution in [3.05, 3.63) is 63.8 Å². The molecule has 0 spiro atoms.